The van der Waals surface area contributed by atoms with Crippen LogP contribution in [0.25, 0.3) is 11.4 Å². The second kappa shape index (κ2) is 7.00. The third-order valence-corrected chi connectivity index (χ3v) is 1.93. The molecule has 0 radical (unpaired) electrons. The summed E-state index contributed by atoms with van der Waals surface area (Å²) in [7, 11) is 0. The first-order valence-corrected chi connectivity index (χ1v) is 5.73. The Labute approximate surface area is 110 Å². The maximum Gasteiger partial charge on any atom is 0.341 e. The smallest absolute Gasteiger partial charge is 0.341 e. The highest BCUT2D eigenvalue weighted by Gasteiger charge is 2.12. The molecule has 0 bridgehead atoms. The van der Waals surface area contributed by atoms with E-state index in [4.69, 9.17) is 9.84 Å². The number of carbonyl (C=O) groups is 1. The van der Waals surface area contributed by atoms with E-state index in [9.17, 15) is 10.0 Å². The molecule has 19 heavy (non-hydrogen) atoms. The summed E-state index contributed by atoms with van der Waals surface area (Å²) in [5, 5.41) is 21.4. The Kier molecular flexibility index (Phi) is 5.34. The molecule has 0 spiro atoms. The van der Waals surface area contributed by atoms with Crippen LogP contribution in [0.15, 0.2) is 30.3 Å². The molecular formula is C12H15N3O4. The van der Waals surface area contributed by atoms with Crippen LogP contribution in [-0.2, 0) is 4.79 Å². The summed E-state index contributed by atoms with van der Waals surface area (Å²) in [5.74, 6) is -0.952. The molecule has 0 fully saturated rings. The minimum absolute atomic E-state index is 0.186. The van der Waals surface area contributed by atoms with Crippen LogP contribution in [0.5, 0.6) is 6.01 Å². The molecule has 0 aliphatic rings. The van der Waals surface area contributed by atoms with Crippen LogP contribution in [-0.4, -0.2) is 37.8 Å². The second-order valence-corrected chi connectivity index (χ2v) is 3.16. The number of ether oxygens (including phenoxy) is 1. The van der Waals surface area contributed by atoms with Crippen LogP contribution in [0.4, 0.5) is 0 Å². The minimum atomic E-state index is -1.14. The van der Waals surface area contributed by atoms with Gasteiger partial charge in [0.05, 0.1) is 0 Å². The van der Waals surface area contributed by atoms with Gasteiger partial charge in [-0.3, -0.25) is 0 Å². The van der Waals surface area contributed by atoms with Crippen LogP contribution in [0, 0.1) is 0 Å². The molecular weight excluding hydrogens is 250 g/mol. The Morgan fingerprint density at radius 1 is 1.32 bits per heavy atom. The van der Waals surface area contributed by atoms with Crippen LogP contribution in [0.3, 0.4) is 0 Å². The fourth-order valence-electron chi connectivity index (χ4n) is 1.24. The lowest BCUT2D eigenvalue weighted by molar-refractivity contribution is -0.139. The molecule has 0 amide bonds. The second-order valence-electron chi connectivity index (χ2n) is 3.16. The molecule has 7 nitrogen and oxygen atoms in total. The van der Waals surface area contributed by atoms with E-state index in [1.54, 1.807) is 24.3 Å². The van der Waals surface area contributed by atoms with Crippen LogP contribution in [0.2, 0.25) is 0 Å². The summed E-state index contributed by atoms with van der Waals surface area (Å²) < 4.78 is 4.75. The van der Waals surface area contributed by atoms with E-state index in [0.29, 0.717) is 10.4 Å². The molecule has 2 N–H and O–H groups in total. The van der Waals surface area contributed by atoms with Crippen molar-refractivity contribution in [2.24, 2.45) is 0 Å². The molecule has 0 saturated carbocycles. The van der Waals surface area contributed by atoms with Gasteiger partial charge in [0.25, 0.3) is 0 Å². The fraction of sp³-hybridized carbons (Fsp3) is 0.250. The number of hydrogen-bond donors (Lipinski definition) is 2. The first-order valence-electron chi connectivity index (χ1n) is 5.73. The van der Waals surface area contributed by atoms with Gasteiger partial charge in [-0.15, -0.1) is 0 Å². The van der Waals surface area contributed by atoms with Crippen molar-refractivity contribution in [3.63, 3.8) is 0 Å². The third-order valence-electron chi connectivity index (χ3n) is 1.93. The summed E-state index contributed by atoms with van der Waals surface area (Å²) in [6, 6.07) is 8.66. The van der Waals surface area contributed by atoms with Gasteiger partial charge in [0.2, 0.25) is 5.82 Å². The van der Waals surface area contributed by atoms with Crippen molar-refractivity contribution in [3.05, 3.63) is 30.3 Å². The van der Waals surface area contributed by atoms with E-state index < -0.39 is 12.6 Å². The van der Waals surface area contributed by atoms with E-state index in [1.165, 1.54) is 0 Å². The van der Waals surface area contributed by atoms with E-state index in [1.807, 2.05) is 19.9 Å². The molecule has 2 rings (SSSR count). The van der Waals surface area contributed by atoms with Crippen LogP contribution in [0.1, 0.15) is 13.8 Å². The molecule has 0 aliphatic carbocycles. The molecule has 0 saturated heterocycles. The Hall–Kier alpha value is -2.57. The zero-order valence-electron chi connectivity index (χ0n) is 10.6. The SMILES string of the molecule is CC.O=C(O)COc1nc(-c2ccccc2)n(O)n1. The van der Waals surface area contributed by atoms with Crippen molar-refractivity contribution in [2.75, 3.05) is 6.61 Å². The minimum Gasteiger partial charge on any atom is -0.479 e. The summed E-state index contributed by atoms with van der Waals surface area (Å²) in [4.78, 5) is 14.7. The van der Waals surface area contributed by atoms with Gasteiger partial charge < -0.3 is 15.1 Å². The summed E-state index contributed by atoms with van der Waals surface area (Å²) in [5.41, 5.74) is 0.646. The van der Waals surface area contributed by atoms with Gasteiger partial charge in [-0.1, -0.05) is 54.1 Å². The molecule has 1 aromatic heterocycles. The highest BCUT2D eigenvalue weighted by Crippen LogP contribution is 2.17. The molecule has 102 valence electrons. The lowest BCUT2D eigenvalue weighted by Gasteiger charge is -1.95. The zero-order valence-corrected chi connectivity index (χ0v) is 10.6. The largest absolute Gasteiger partial charge is 0.479 e. The highest BCUT2D eigenvalue weighted by molar-refractivity contribution is 5.68. The van der Waals surface area contributed by atoms with E-state index in [0.717, 1.165) is 0 Å². The van der Waals surface area contributed by atoms with Crippen LogP contribution < -0.4 is 4.74 Å². The van der Waals surface area contributed by atoms with Crippen molar-refractivity contribution >= 4 is 5.97 Å². The number of benzene rings is 1. The van der Waals surface area contributed by atoms with Crippen molar-refractivity contribution in [2.45, 2.75) is 13.8 Å². The average Bonchev–Trinajstić information content (AvgIpc) is 2.81. The molecule has 2 aromatic rings. The van der Waals surface area contributed by atoms with Crippen molar-refractivity contribution in [3.8, 4) is 17.4 Å². The lowest BCUT2D eigenvalue weighted by atomic mass is 10.2. The van der Waals surface area contributed by atoms with E-state index >= 15 is 0 Å². The van der Waals surface area contributed by atoms with Crippen molar-refractivity contribution in [1.82, 2.24) is 14.9 Å². The Morgan fingerprint density at radius 2 is 1.95 bits per heavy atom. The van der Waals surface area contributed by atoms with Gasteiger partial charge in [-0.25, -0.2) is 4.79 Å². The number of aliphatic carboxylic acids is 1. The first kappa shape index (κ1) is 14.5. The van der Waals surface area contributed by atoms with E-state index in [2.05, 4.69) is 10.1 Å². The number of rotatable bonds is 4. The molecule has 1 aromatic carbocycles. The third kappa shape index (κ3) is 3.98. The quantitative estimate of drug-likeness (QED) is 0.816. The van der Waals surface area contributed by atoms with Crippen molar-refractivity contribution < 1.29 is 19.8 Å². The van der Waals surface area contributed by atoms with Crippen LogP contribution >= 0.6 is 0 Å². The van der Waals surface area contributed by atoms with Gasteiger partial charge >= 0.3 is 12.0 Å². The molecule has 1 heterocycles. The standard InChI is InChI=1S/C10H9N3O4.C2H6/c14-8(15)6-17-10-11-9(13(16)12-10)7-4-2-1-3-5-7;1-2/h1-5,16H,6H2,(H,14,15);1-2H3. The normalized spacial score (nSPS) is 9.37. The first-order chi connectivity index (χ1) is 9.16. The molecule has 0 unspecified atom stereocenters. The monoisotopic (exact) mass is 265 g/mol. The Morgan fingerprint density at radius 3 is 2.53 bits per heavy atom. The Bertz CT molecular complexity index is 525. The predicted octanol–water partition coefficient (Wildman–Crippen LogP) is 1.67. The number of nitrogens with zero attached hydrogens (tertiary/aromatic N) is 3. The fourth-order valence-corrected chi connectivity index (χ4v) is 1.24. The van der Waals surface area contributed by atoms with E-state index in [-0.39, 0.29) is 11.8 Å². The maximum atomic E-state index is 10.3. The number of carboxylic acids is 1. The average molecular weight is 265 g/mol. The lowest BCUT2D eigenvalue weighted by Crippen LogP contribution is -2.10. The summed E-state index contributed by atoms with van der Waals surface area (Å²) >= 11 is 0. The maximum absolute atomic E-state index is 10.3. The van der Waals surface area contributed by atoms with Gasteiger partial charge in [-0.05, 0) is 0 Å². The summed E-state index contributed by atoms with van der Waals surface area (Å²) in [6.07, 6.45) is 0. The Balaban J connectivity index is 0.000000861. The molecule has 7 heteroatoms. The number of aromatic nitrogens is 3. The van der Waals surface area contributed by atoms with Crippen molar-refractivity contribution in [1.29, 1.82) is 0 Å². The van der Waals surface area contributed by atoms with Gasteiger partial charge in [0.15, 0.2) is 6.61 Å². The molecule has 0 atom stereocenters. The number of hydrogen-bond acceptors (Lipinski definition) is 5. The van der Waals surface area contributed by atoms with Gasteiger partial charge in [-0.2, -0.15) is 4.98 Å². The van der Waals surface area contributed by atoms with Gasteiger partial charge in [0.1, 0.15) is 0 Å². The van der Waals surface area contributed by atoms with Gasteiger partial charge in [0, 0.05) is 5.56 Å². The highest BCUT2D eigenvalue weighted by atomic mass is 16.5. The predicted molar refractivity (Wildman–Crippen MR) is 67.1 cm³/mol. The molecule has 0 aliphatic heterocycles. The number of carboxylic acid groups (broad SMARTS) is 1. The summed E-state index contributed by atoms with van der Waals surface area (Å²) in [6.45, 7) is 3.44. The zero-order chi connectivity index (χ0) is 14.3. The topological polar surface area (TPSA) is 97.5 Å².